The van der Waals surface area contributed by atoms with E-state index in [1.54, 1.807) is 19.2 Å². The van der Waals surface area contributed by atoms with Crippen molar-refractivity contribution >= 4 is 40.8 Å². The summed E-state index contributed by atoms with van der Waals surface area (Å²) in [6.07, 6.45) is 2.72. The van der Waals surface area contributed by atoms with Crippen LogP contribution in [0.15, 0.2) is 53.7 Å². The van der Waals surface area contributed by atoms with Crippen molar-refractivity contribution in [1.29, 1.82) is 0 Å². The lowest BCUT2D eigenvalue weighted by molar-refractivity contribution is 0.400. The molecule has 3 aromatic rings. The minimum absolute atomic E-state index is 0. The van der Waals surface area contributed by atoms with E-state index in [1.165, 1.54) is 17.2 Å². The van der Waals surface area contributed by atoms with E-state index in [0.29, 0.717) is 13.1 Å². The first-order valence-corrected chi connectivity index (χ1v) is 9.48. The smallest absolute Gasteiger partial charge is 0.191 e. The van der Waals surface area contributed by atoms with E-state index in [4.69, 9.17) is 0 Å². The third-order valence-corrected chi connectivity index (χ3v) is 4.69. The number of aromatic nitrogens is 1. The number of nitrogens with one attached hydrogen (secondary N) is 3. The Bertz CT molecular complexity index is 951. The monoisotopic (exact) mass is 509 g/mol. The van der Waals surface area contributed by atoms with Crippen LogP contribution in [0.1, 0.15) is 16.7 Å². The molecule has 2 aromatic carbocycles. The fourth-order valence-electron chi connectivity index (χ4n) is 3.30. The molecule has 29 heavy (non-hydrogen) atoms. The molecular weight excluding hydrogens is 480 g/mol. The summed E-state index contributed by atoms with van der Waals surface area (Å²) >= 11 is 0. The maximum Gasteiger partial charge on any atom is 0.191 e. The van der Waals surface area contributed by atoms with Crippen molar-refractivity contribution in [2.24, 2.45) is 4.99 Å². The first-order chi connectivity index (χ1) is 13.6. The summed E-state index contributed by atoms with van der Waals surface area (Å²) in [5.41, 5.74) is 4.60. The number of hydrogen-bond acceptors (Lipinski definition) is 2. The molecule has 0 saturated carbocycles. The molecule has 3 rings (SSSR count). The molecule has 0 aliphatic heterocycles. The zero-order valence-corrected chi connectivity index (χ0v) is 19.5. The van der Waals surface area contributed by atoms with Crippen LogP contribution >= 0.6 is 24.0 Å². The van der Waals surface area contributed by atoms with E-state index in [-0.39, 0.29) is 29.8 Å². The fourth-order valence-corrected chi connectivity index (χ4v) is 3.30. The third-order valence-electron chi connectivity index (χ3n) is 4.69. The van der Waals surface area contributed by atoms with Gasteiger partial charge in [0.15, 0.2) is 5.96 Å². The van der Waals surface area contributed by atoms with Crippen LogP contribution in [-0.2, 0) is 19.5 Å². The van der Waals surface area contributed by atoms with Gasteiger partial charge in [-0.05, 0) is 55.4 Å². The third kappa shape index (κ3) is 6.43. The van der Waals surface area contributed by atoms with Gasteiger partial charge in [0.05, 0.1) is 0 Å². The molecule has 0 unspecified atom stereocenters. The summed E-state index contributed by atoms with van der Waals surface area (Å²) in [5, 5.41) is 7.65. The molecule has 0 fully saturated rings. The summed E-state index contributed by atoms with van der Waals surface area (Å²) in [6.45, 7) is 2.32. The molecule has 7 heteroatoms. The highest BCUT2D eigenvalue weighted by Gasteiger charge is 2.07. The number of aliphatic imine (C=N–C) groups is 1. The second kappa shape index (κ2) is 11.2. The SMILES string of the molecule is CN=C(NCCc1c[nH]c2ccc(F)cc12)NCc1ccccc1CN(C)C.I. The first-order valence-electron chi connectivity index (χ1n) is 9.48. The number of halogens is 2. The highest BCUT2D eigenvalue weighted by Crippen LogP contribution is 2.19. The molecule has 0 bridgehead atoms. The molecular formula is C22H29FIN5. The number of benzene rings is 2. The largest absolute Gasteiger partial charge is 0.361 e. The molecule has 0 amide bonds. The van der Waals surface area contributed by atoms with Gasteiger partial charge >= 0.3 is 0 Å². The van der Waals surface area contributed by atoms with Gasteiger partial charge in [-0.1, -0.05) is 24.3 Å². The second-order valence-electron chi connectivity index (χ2n) is 7.11. The normalized spacial score (nSPS) is 11.6. The second-order valence-corrected chi connectivity index (χ2v) is 7.11. The van der Waals surface area contributed by atoms with Crippen LogP contribution in [0.3, 0.4) is 0 Å². The molecule has 156 valence electrons. The van der Waals surface area contributed by atoms with Crippen LogP contribution in [0, 0.1) is 5.82 Å². The Morgan fingerprint density at radius 2 is 1.83 bits per heavy atom. The molecule has 0 spiro atoms. The molecule has 0 atom stereocenters. The summed E-state index contributed by atoms with van der Waals surface area (Å²) in [7, 11) is 5.91. The molecule has 0 aliphatic carbocycles. The van der Waals surface area contributed by atoms with Crippen molar-refractivity contribution in [2.45, 2.75) is 19.5 Å². The number of aromatic amines is 1. The molecule has 0 aliphatic rings. The summed E-state index contributed by atoms with van der Waals surface area (Å²) < 4.78 is 13.5. The molecule has 1 aromatic heterocycles. The first kappa shape index (κ1) is 23.2. The van der Waals surface area contributed by atoms with Gasteiger partial charge in [-0.3, -0.25) is 4.99 Å². The Morgan fingerprint density at radius 1 is 1.07 bits per heavy atom. The quantitative estimate of drug-likeness (QED) is 0.258. The van der Waals surface area contributed by atoms with Gasteiger partial charge in [0.2, 0.25) is 0 Å². The topological polar surface area (TPSA) is 55.5 Å². The van der Waals surface area contributed by atoms with Crippen LogP contribution in [0.4, 0.5) is 4.39 Å². The van der Waals surface area contributed by atoms with E-state index >= 15 is 0 Å². The van der Waals surface area contributed by atoms with E-state index in [2.05, 4.69) is 63.9 Å². The van der Waals surface area contributed by atoms with E-state index < -0.39 is 0 Å². The van der Waals surface area contributed by atoms with Crippen molar-refractivity contribution in [2.75, 3.05) is 27.7 Å². The standard InChI is InChI=1S/C22H28FN5.HI/c1-24-22(27-13-16-6-4-5-7-18(16)15-28(2)3)25-11-10-17-14-26-21-9-8-19(23)12-20(17)21;/h4-9,12,14,26H,10-11,13,15H2,1-3H3,(H2,24,25,27);1H. The van der Waals surface area contributed by atoms with E-state index in [9.17, 15) is 4.39 Å². The Morgan fingerprint density at radius 3 is 2.55 bits per heavy atom. The fraction of sp³-hybridized carbons (Fsp3) is 0.318. The Kier molecular flexibility index (Phi) is 8.91. The van der Waals surface area contributed by atoms with Gasteiger partial charge < -0.3 is 20.5 Å². The van der Waals surface area contributed by atoms with Crippen molar-refractivity contribution in [1.82, 2.24) is 20.5 Å². The van der Waals surface area contributed by atoms with Gasteiger partial charge in [0.1, 0.15) is 5.82 Å². The molecule has 1 heterocycles. The predicted octanol–water partition coefficient (Wildman–Crippen LogP) is 3.89. The van der Waals surface area contributed by atoms with E-state index in [1.807, 2.05) is 6.20 Å². The van der Waals surface area contributed by atoms with E-state index in [0.717, 1.165) is 35.4 Å². The van der Waals surface area contributed by atoms with Gasteiger partial charge in [-0.15, -0.1) is 24.0 Å². The van der Waals surface area contributed by atoms with Crippen LogP contribution in [-0.4, -0.2) is 43.5 Å². The molecule has 3 N–H and O–H groups in total. The highest BCUT2D eigenvalue weighted by atomic mass is 127. The molecule has 0 saturated heterocycles. The van der Waals surface area contributed by atoms with Gasteiger partial charge in [-0.2, -0.15) is 0 Å². The minimum Gasteiger partial charge on any atom is -0.361 e. The lowest BCUT2D eigenvalue weighted by Gasteiger charge is -2.16. The Labute approximate surface area is 188 Å². The average molecular weight is 509 g/mol. The zero-order chi connectivity index (χ0) is 19.9. The Hall–Kier alpha value is -2.13. The maximum absolute atomic E-state index is 13.5. The number of guanidine groups is 1. The maximum atomic E-state index is 13.5. The van der Waals surface area contributed by atoms with Crippen molar-refractivity contribution in [3.63, 3.8) is 0 Å². The van der Waals surface area contributed by atoms with Crippen molar-refractivity contribution in [3.05, 3.63) is 71.2 Å². The number of fused-ring (bicyclic) bond motifs is 1. The summed E-state index contributed by atoms with van der Waals surface area (Å²) in [5.74, 6) is 0.542. The van der Waals surface area contributed by atoms with Gasteiger partial charge in [0.25, 0.3) is 0 Å². The number of H-pyrrole nitrogens is 1. The lowest BCUT2D eigenvalue weighted by Crippen LogP contribution is -2.38. The zero-order valence-electron chi connectivity index (χ0n) is 17.1. The number of nitrogens with zero attached hydrogens (tertiary/aromatic N) is 2. The van der Waals surface area contributed by atoms with Crippen molar-refractivity contribution < 1.29 is 4.39 Å². The highest BCUT2D eigenvalue weighted by molar-refractivity contribution is 14.0. The lowest BCUT2D eigenvalue weighted by atomic mass is 10.1. The molecule has 0 radical (unpaired) electrons. The van der Waals surface area contributed by atoms with Crippen molar-refractivity contribution in [3.8, 4) is 0 Å². The molecule has 5 nitrogen and oxygen atoms in total. The predicted molar refractivity (Wildman–Crippen MR) is 129 cm³/mol. The average Bonchev–Trinajstić information content (AvgIpc) is 3.07. The summed E-state index contributed by atoms with van der Waals surface area (Å²) in [6, 6.07) is 13.2. The minimum atomic E-state index is -0.213. The van der Waals surface area contributed by atoms with Crippen LogP contribution < -0.4 is 10.6 Å². The Balaban J connectivity index is 0.00000300. The van der Waals surface area contributed by atoms with Crippen LogP contribution in [0.25, 0.3) is 10.9 Å². The van der Waals surface area contributed by atoms with Crippen LogP contribution in [0.2, 0.25) is 0 Å². The number of hydrogen-bond donors (Lipinski definition) is 3. The van der Waals surface area contributed by atoms with Gasteiger partial charge in [0, 0.05) is 43.8 Å². The summed E-state index contributed by atoms with van der Waals surface area (Å²) in [4.78, 5) is 9.66. The number of rotatable bonds is 7. The van der Waals surface area contributed by atoms with Gasteiger partial charge in [-0.25, -0.2) is 4.39 Å². The van der Waals surface area contributed by atoms with Crippen LogP contribution in [0.5, 0.6) is 0 Å².